The second-order valence-corrected chi connectivity index (χ2v) is 4.29. The van der Waals surface area contributed by atoms with Gasteiger partial charge in [0, 0.05) is 6.92 Å². The number of benzene rings is 1. The first-order valence-corrected chi connectivity index (χ1v) is 7.23. The van der Waals surface area contributed by atoms with Crippen LogP contribution in [-0.4, -0.2) is 12.6 Å². The summed E-state index contributed by atoms with van der Waals surface area (Å²) in [5.41, 5.74) is 1.32. The van der Waals surface area contributed by atoms with Crippen LogP contribution in [0.2, 0.25) is 0 Å². The van der Waals surface area contributed by atoms with Gasteiger partial charge in [0.1, 0.15) is 0 Å². The van der Waals surface area contributed by atoms with E-state index in [9.17, 15) is 4.79 Å². The van der Waals surface area contributed by atoms with Gasteiger partial charge in [-0.2, -0.15) is 0 Å². The number of rotatable bonds is 4. The van der Waals surface area contributed by atoms with Gasteiger partial charge in [0.25, 0.3) is 0 Å². The van der Waals surface area contributed by atoms with Gasteiger partial charge in [-0.3, -0.25) is 4.79 Å². The maximum Gasteiger partial charge on any atom is 0.302 e. The summed E-state index contributed by atoms with van der Waals surface area (Å²) in [5.74, 6) is -0.211. The number of esters is 1. The second-order valence-electron chi connectivity index (χ2n) is 4.29. The summed E-state index contributed by atoms with van der Waals surface area (Å²) in [4.78, 5) is 9.82. The summed E-state index contributed by atoms with van der Waals surface area (Å²) in [6.45, 7) is 10.2. The van der Waals surface area contributed by atoms with E-state index >= 15 is 0 Å². The molecule has 2 nitrogen and oxygen atoms in total. The van der Waals surface area contributed by atoms with Crippen molar-refractivity contribution >= 4 is 5.97 Å². The largest absolute Gasteiger partial charge is 0.466 e. The molecule has 2 heteroatoms. The Bertz CT molecular complexity index is 277. The van der Waals surface area contributed by atoms with Crippen LogP contribution in [-0.2, 0) is 9.53 Å². The summed E-state index contributed by atoms with van der Waals surface area (Å²) in [6.07, 6.45) is 5.54. The predicted octanol–water partition coefficient (Wildman–Crippen LogP) is 5.15. The number of ether oxygens (including phenoxy) is 1. The molecule has 0 amide bonds. The number of hydrogen-bond acceptors (Lipinski definition) is 2. The Hall–Kier alpha value is -1.31. The van der Waals surface area contributed by atoms with Gasteiger partial charge in [-0.15, -0.1) is 0 Å². The van der Waals surface area contributed by atoms with E-state index in [1.165, 1.54) is 38.2 Å². The van der Waals surface area contributed by atoms with Crippen LogP contribution in [0.1, 0.15) is 58.9 Å². The lowest BCUT2D eigenvalue weighted by molar-refractivity contribution is -0.140. The Morgan fingerprint density at radius 3 is 1.63 bits per heavy atom. The Balaban J connectivity index is 0. The summed E-state index contributed by atoms with van der Waals surface area (Å²) < 4.78 is 4.40. The molecule has 0 aliphatic carbocycles. The molecule has 0 aromatic heterocycles. The zero-order chi connectivity index (χ0) is 14.9. The van der Waals surface area contributed by atoms with E-state index in [0.29, 0.717) is 6.61 Å². The Labute approximate surface area is 119 Å². The molecule has 0 spiro atoms. The van der Waals surface area contributed by atoms with Gasteiger partial charge >= 0.3 is 5.97 Å². The highest BCUT2D eigenvalue weighted by molar-refractivity contribution is 5.65. The van der Waals surface area contributed by atoms with E-state index < -0.39 is 0 Å². The van der Waals surface area contributed by atoms with Crippen LogP contribution in [0.4, 0.5) is 0 Å². The third-order valence-corrected chi connectivity index (χ3v) is 2.25. The average Bonchev–Trinajstić information content (AvgIpc) is 2.38. The lowest BCUT2D eigenvalue weighted by Crippen LogP contribution is -1.95. The SMILES string of the molecule is CCCCCC.CCOC(C)=O.Cc1ccccc1. The van der Waals surface area contributed by atoms with Crippen molar-refractivity contribution in [3.63, 3.8) is 0 Å². The molecule has 0 unspecified atom stereocenters. The Kier molecular flexibility index (Phi) is 17.6. The highest BCUT2D eigenvalue weighted by Gasteiger charge is 1.81. The van der Waals surface area contributed by atoms with Gasteiger partial charge in [-0.05, 0) is 13.8 Å². The Morgan fingerprint density at radius 2 is 1.47 bits per heavy atom. The molecule has 110 valence electrons. The molecule has 0 saturated heterocycles. The van der Waals surface area contributed by atoms with E-state index in [1.54, 1.807) is 6.92 Å². The first kappa shape index (κ1) is 20.0. The minimum absolute atomic E-state index is 0.211. The van der Waals surface area contributed by atoms with Gasteiger partial charge in [-0.25, -0.2) is 0 Å². The van der Waals surface area contributed by atoms with Crippen molar-refractivity contribution in [1.82, 2.24) is 0 Å². The van der Waals surface area contributed by atoms with Crippen molar-refractivity contribution in [1.29, 1.82) is 0 Å². The van der Waals surface area contributed by atoms with E-state index in [4.69, 9.17) is 0 Å². The fourth-order valence-corrected chi connectivity index (χ4v) is 1.24. The van der Waals surface area contributed by atoms with Crippen LogP contribution in [0.5, 0.6) is 0 Å². The molecule has 1 rings (SSSR count). The van der Waals surface area contributed by atoms with Crippen LogP contribution < -0.4 is 0 Å². The monoisotopic (exact) mass is 266 g/mol. The third kappa shape index (κ3) is 22.4. The highest BCUT2D eigenvalue weighted by atomic mass is 16.5. The Morgan fingerprint density at radius 1 is 1.00 bits per heavy atom. The molecule has 0 atom stereocenters. The lowest BCUT2D eigenvalue weighted by atomic mass is 10.2. The molecule has 0 heterocycles. The fraction of sp³-hybridized carbons (Fsp3) is 0.588. The first-order valence-electron chi connectivity index (χ1n) is 7.23. The molecular formula is C17H30O2. The predicted molar refractivity (Wildman–Crippen MR) is 83.3 cm³/mol. The van der Waals surface area contributed by atoms with E-state index in [1.807, 2.05) is 18.2 Å². The van der Waals surface area contributed by atoms with E-state index in [2.05, 4.69) is 37.6 Å². The highest BCUT2D eigenvalue weighted by Crippen LogP contribution is 1.95. The molecule has 19 heavy (non-hydrogen) atoms. The molecule has 0 fully saturated rings. The van der Waals surface area contributed by atoms with Crippen LogP contribution in [0.15, 0.2) is 30.3 Å². The van der Waals surface area contributed by atoms with Gasteiger partial charge < -0.3 is 4.74 Å². The van der Waals surface area contributed by atoms with Crippen molar-refractivity contribution < 1.29 is 9.53 Å². The number of hydrogen-bond donors (Lipinski definition) is 0. The number of aryl methyl sites for hydroxylation is 1. The minimum atomic E-state index is -0.211. The fourth-order valence-electron chi connectivity index (χ4n) is 1.24. The topological polar surface area (TPSA) is 26.3 Å². The number of unbranched alkanes of at least 4 members (excludes halogenated alkanes) is 3. The number of carbonyl (C=O) groups is 1. The number of carbonyl (C=O) groups excluding carboxylic acids is 1. The van der Waals surface area contributed by atoms with Crippen LogP contribution in [0.25, 0.3) is 0 Å². The summed E-state index contributed by atoms with van der Waals surface area (Å²) in [5, 5.41) is 0. The summed E-state index contributed by atoms with van der Waals surface area (Å²) in [7, 11) is 0. The third-order valence-electron chi connectivity index (χ3n) is 2.25. The second kappa shape index (κ2) is 16.7. The first-order chi connectivity index (χ1) is 9.08. The summed E-state index contributed by atoms with van der Waals surface area (Å²) >= 11 is 0. The van der Waals surface area contributed by atoms with Crippen molar-refractivity contribution in [3.8, 4) is 0 Å². The molecule has 1 aromatic carbocycles. The van der Waals surface area contributed by atoms with Gasteiger partial charge in [-0.1, -0.05) is 75.4 Å². The zero-order valence-corrected chi connectivity index (χ0v) is 13.2. The van der Waals surface area contributed by atoms with Crippen LogP contribution >= 0.6 is 0 Å². The summed E-state index contributed by atoms with van der Waals surface area (Å²) in [6, 6.07) is 10.3. The average molecular weight is 266 g/mol. The quantitative estimate of drug-likeness (QED) is 0.556. The van der Waals surface area contributed by atoms with Gasteiger partial charge in [0.2, 0.25) is 0 Å². The maximum atomic E-state index is 9.82. The zero-order valence-electron chi connectivity index (χ0n) is 13.2. The molecule has 0 N–H and O–H groups in total. The molecule has 0 radical (unpaired) electrons. The van der Waals surface area contributed by atoms with E-state index in [-0.39, 0.29) is 5.97 Å². The molecule has 0 bridgehead atoms. The molecule has 0 aliphatic rings. The van der Waals surface area contributed by atoms with Crippen LogP contribution in [0, 0.1) is 6.92 Å². The van der Waals surface area contributed by atoms with Gasteiger partial charge in [0.15, 0.2) is 0 Å². The van der Waals surface area contributed by atoms with Crippen molar-refractivity contribution in [2.24, 2.45) is 0 Å². The van der Waals surface area contributed by atoms with Crippen LogP contribution in [0.3, 0.4) is 0 Å². The van der Waals surface area contributed by atoms with Gasteiger partial charge in [0.05, 0.1) is 6.61 Å². The van der Waals surface area contributed by atoms with Crippen molar-refractivity contribution in [2.75, 3.05) is 6.61 Å². The normalized spacial score (nSPS) is 8.47. The molecular weight excluding hydrogens is 236 g/mol. The van der Waals surface area contributed by atoms with E-state index in [0.717, 1.165) is 0 Å². The lowest BCUT2D eigenvalue weighted by Gasteiger charge is -1.89. The molecule has 0 aliphatic heterocycles. The standard InChI is InChI=1S/C7H8.C6H14.C4H8O2/c1-7-5-3-2-4-6-7;1-3-5-6-4-2;1-3-6-4(2)5/h2-6H,1H3;3-6H2,1-2H3;3H2,1-2H3. The molecule has 0 saturated carbocycles. The maximum absolute atomic E-state index is 9.82. The van der Waals surface area contributed by atoms with Crippen molar-refractivity contribution in [2.45, 2.75) is 60.3 Å². The molecule has 1 aromatic rings. The smallest absolute Gasteiger partial charge is 0.302 e. The minimum Gasteiger partial charge on any atom is -0.466 e. The van der Waals surface area contributed by atoms with Crippen molar-refractivity contribution in [3.05, 3.63) is 35.9 Å².